The summed E-state index contributed by atoms with van der Waals surface area (Å²) in [6.45, 7) is 4.65. The fourth-order valence-electron chi connectivity index (χ4n) is 4.40. The smallest absolute Gasteiger partial charge is 0.231 e. The topological polar surface area (TPSA) is 86.0 Å². The summed E-state index contributed by atoms with van der Waals surface area (Å²) in [6.07, 6.45) is 2.35. The third kappa shape index (κ3) is 3.31. The van der Waals surface area contributed by atoms with Gasteiger partial charge in [-0.3, -0.25) is 14.4 Å². The molecule has 0 amide bonds. The van der Waals surface area contributed by atoms with Crippen LogP contribution in [0.5, 0.6) is 17.2 Å². The number of rotatable bonds is 5. The monoisotopic (exact) mass is 413 g/mol. The molecule has 8 heteroatoms. The van der Waals surface area contributed by atoms with Crippen LogP contribution in [0.4, 0.5) is 0 Å². The van der Waals surface area contributed by atoms with E-state index in [1.54, 1.807) is 11.8 Å². The summed E-state index contributed by atoms with van der Waals surface area (Å²) in [5, 5.41) is 14.9. The van der Waals surface area contributed by atoms with Gasteiger partial charge in [-0.15, -0.1) is 0 Å². The molecule has 1 N–H and O–H groups in total. The van der Waals surface area contributed by atoms with Crippen molar-refractivity contribution in [3.63, 3.8) is 0 Å². The van der Waals surface area contributed by atoms with E-state index in [1.165, 1.54) is 6.08 Å². The summed E-state index contributed by atoms with van der Waals surface area (Å²) in [5.74, 6) is 1.67. The molecule has 1 unspecified atom stereocenters. The predicted molar refractivity (Wildman–Crippen MR) is 111 cm³/mol. The van der Waals surface area contributed by atoms with Crippen molar-refractivity contribution in [2.45, 2.75) is 32.7 Å². The van der Waals surface area contributed by atoms with Crippen LogP contribution in [0.2, 0.25) is 0 Å². The van der Waals surface area contributed by atoms with Crippen molar-refractivity contribution in [3.8, 4) is 17.2 Å². The van der Waals surface area contributed by atoms with Crippen LogP contribution < -0.4 is 14.2 Å². The largest absolute Gasteiger partial charge is 0.507 e. The summed E-state index contributed by atoms with van der Waals surface area (Å²) >= 11 is 0. The van der Waals surface area contributed by atoms with Crippen LogP contribution in [0.3, 0.4) is 0 Å². The maximum Gasteiger partial charge on any atom is 0.231 e. The first-order valence-corrected chi connectivity index (χ1v) is 9.95. The number of benzene rings is 1. The van der Waals surface area contributed by atoms with E-state index >= 15 is 0 Å². The molecule has 160 valence electrons. The van der Waals surface area contributed by atoms with Crippen molar-refractivity contribution in [2.75, 3.05) is 27.5 Å². The SMILES string of the molecule is COc1c2c(cc3c1C(CC(=O)C=C(O)c1c(C)nn(C)c1C)N(C)CC3)OCO2. The molecule has 2 aromatic rings. The lowest BCUT2D eigenvalue weighted by Crippen LogP contribution is -2.33. The molecule has 30 heavy (non-hydrogen) atoms. The Morgan fingerprint density at radius 1 is 1.37 bits per heavy atom. The number of carbonyl (C=O) groups is 1. The van der Waals surface area contributed by atoms with E-state index in [-0.39, 0.29) is 30.8 Å². The average molecular weight is 413 g/mol. The molecular weight excluding hydrogens is 386 g/mol. The lowest BCUT2D eigenvalue weighted by Gasteiger charge is -2.35. The summed E-state index contributed by atoms with van der Waals surface area (Å²) in [5.41, 5.74) is 4.14. The van der Waals surface area contributed by atoms with E-state index in [1.807, 2.05) is 34.0 Å². The number of methoxy groups -OCH3 is 1. The van der Waals surface area contributed by atoms with Gasteiger partial charge < -0.3 is 19.3 Å². The molecule has 1 aromatic heterocycles. The van der Waals surface area contributed by atoms with Crippen LogP contribution >= 0.6 is 0 Å². The fraction of sp³-hybridized carbons (Fsp3) is 0.455. The second-order valence-electron chi connectivity index (χ2n) is 7.83. The number of allylic oxidation sites excluding steroid dienone is 1. The number of hydrogen-bond donors (Lipinski definition) is 1. The number of aryl methyl sites for hydroxylation is 2. The van der Waals surface area contributed by atoms with Gasteiger partial charge in [0.25, 0.3) is 0 Å². The number of fused-ring (bicyclic) bond motifs is 2. The van der Waals surface area contributed by atoms with Crippen molar-refractivity contribution < 1.29 is 24.1 Å². The predicted octanol–water partition coefficient (Wildman–Crippen LogP) is 2.86. The van der Waals surface area contributed by atoms with Crippen molar-refractivity contribution in [1.29, 1.82) is 0 Å². The Kier molecular flexibility index (Phi) is 5.19. The summed E-state index contributed by atoms with van der Waals surface area (Å²) in [7, 11) is 5.40. The van der Waals surface area contributed by atoms with Crippen LogP contribution in [0.15, 0.2) is 12.1 Å². The van der Waals surface area contributed by atoms with E-state index in [2.05, 4.69) is 10.00 Å². The van der Waals surface area contributed by atoms with E-state index in [4.69, 9.17) is 14.2 Å². The molecule has 0 radical (unpaired) electrons. The van der Waals surface area contributed by atoms with Crippen molar-refractivity contribution in [1.82, 2.24) is 14.7 Å². The molecule has 2 aliphatic rings. The molecule has 2 aliphatic heterocycles. The van der Waals surface area contributed by atoms with Gasteiger partial charge in [0, 0.05) is 43.4 Å². The Balaban J connectivity index is 1.66. The highest BCUT2D eigenvalue weighted by Gasteiger charge is 2.34. The number of ether oxygens (including phenoxy) is 3. The van der Waals surface area contributed by atoms with Crippen LogP contribution in [0, 0.1) is 13.8 Å². The lowest BCUT2D eigenvalue weighted by molar-refractivity contribution is -0.115. The van der Waals surface area contributed by atoms with Crippen LogP contribution in [0.25, 0.3) is 5.76 Å². The molecule has 0 fully saturated rings. The first kappa shape index (κ1) is 20.3. The summed E-state index contributed by atoms with van der Waals surface area (Å²) < 4.78 is 18.5. The second kappa shape index (κ2) is 7.68. The Morgan fingerprint density at radius 2 is 2.13 bits per heavy atom. The average Bonchev–Trinajstić information content (AvgIpc) is 3.26. The van der Waals surface area contributed by atoms with Gasteiger partial charge in [-0.1, -0.05) is 0 Å². The number of aromatic nitrogens is 2. The number of hydrogen-bond acceptors (Lipinski definition) is 7. The first-order chi connectivity index (χ1) is 14.3. The standard InChI is InChI=1S/C22H27N3O5/c1-12-19(13(2)25(4)23-12)17(27)10-15(26)9-16-20-14(6-7-24(16)3)8-18-21(22(20)28-5)30-11-29-18/h8,10,16,27H,6-7,9,11H2,1-5H3. The molecule has 0 bridgehead atoms. The highest BCUT2D eigenvalue weighted by atomic mass is 16.7. The van der Waals surface area contributed by atoms with Gasteiger partial charge in [0.15, 0.2) is 17.3 Å². The number of ketones is 1. The minimum Gasteiger partial charge on any atom is -0.507 e. The Hall–Kier alpha value is -3.00. The maximum absolute atomic E-state index is 12.9. The normalized spacial score (nSPS) is 18.4. The number of carbonyl (C=O) groups excluding carboxylic acids is 1. The highest BCUT2D eigenvalue weighted by molar-refractivity contribution is 5.96. The zero-order chi connectivity index (χ0) is 21.6. The van der Waals surface area contributed by atoms with E-state index in [0.29, 0.717) is 28.5 Å². The number of likely N-dealkylation sites (N-methyl/N-ethyl adjacent to an activating group) is 1. The highest BCUT2D eigenvalue weighted by Crippen LogP contribution is 2.50. The molecule has 0 spiro atoms. The number of aliphatic hydroxyl groups excluding tert-OH is 1. The summed E-state index contributed by atoms with van der Waals surface area (Å²) in [4.78, 5) is 15.1. The minimum atomic E-state index is -0.189. The molecule has 0 aliphatic carbocycles. The zero-order valence-corrected chi connectivity index (χ0v) is 18.0. The molecule has 8 nitrogen and oxygen atoms in total. The molecule has 0 saturated heterocycles. The molecular formula is C22H27N3O5. The molecule has 0 saturated carbocycles. The van der Waals surface area contributed by atoms with Crippen LogP contribution in [-0.2, 0) is 18.3 Å². The third-order valence-electron chi connectivity index (χ3n) is 6.00. The molecule has 1 aromatic carbocycles. The number of nitrogens with zero attached hydrogens (tertiary/aromatic N) is 3. The first-order valence-electron chi connectivity index (χ1n) is 9.95. The summed E-state index contributed by atoms with van der Waals surface area (Å²) in [6, 6.07) is 1.80. The van der Waals surface area contributed by atoms with Gasteiger partial charge in [0.05, 0.1) is 18.4 Å². The van der Waals surface area contributed by atoms with Crippen LogP contribution in [0.1, 0.15) is 40.5 Å². The maximum atomic E-state index is 12.9. The van der Waals surface area contributed by atoms with E-state index < -0.39 is 0 Å². The minimum absolute atomic E-state index is 0.0561. The second-order valence-corrected chi connectivity index (χ2v) is 7.83. The van der Waals surface area contributed by atoms with Gasteiger partial charge in [-0.25, -0.2) is 0 Å². The lowest BCUT2D eigenvalue weighted by atomic mass is 9.88. The Bertz CT molecular complexity index is 1040. The van der Waals surface area contributed by atoms with Gasteiger partial charge in [0.1, 0.15) is 5.76 Å². The van der Waals surface area contributed by atoms with Crippen molar-refractivity contribution >= 4 is 11.5 Å². The molecule has 3 heterocycles. The fourth-order valence-corrected chi connectivity index (χ4v) is 4.40. The van der Waals surface area contributed by atoms with E-state index in [0.717, 1.165) is 29.8 Å². The third-order valence-corrected chi connectivity index (χ3v) is 6.00. The van der Waals surface area contributed by atoms with Gasteiger partial charge in [-0.05, 0) is 38.9 Å². The quantitative estimate of drug-likeness (QED) is 0.596. The Labute approximate surface area is 175 Å². The van der Waals surface area contributed by atoms with Crippen molar-refractivity contribution in [2.24, 2.45) is 7.05 Å². The Morgan fingerprint density at radius 3 is 2.80 bits per heavy atom. The molecule has 1 atom stereocenters. The molecule has 4 rings (SSSR count). The van der Waals surface area contributed by atoms with E-state index in [9.17, 15) is 9.90 Å². The zero-order valence-electron chi connectivity index (χ0n) is 18.0. The van der Waals surface area contributed by atoms with Gasteiger partial charge in [0.2, 0.25) is 12.5 Å². The van der Waals surface area contributed by atoms with Crippen LogP contribution in [-0.4, -0.2) is 53.1 Å². The van der Waals surface area contributed by atoms with Gasteiger partial charge >= 0.3 is 0 Å². The number of aliphatic hydroxyl groups is 1. The van der Waals surface area contributed by atoms with Crippen molar-refractivity contribution in [3.05, 3.63) is 40.2 Å². The van der Waals surface area contributed by atoms with Gasteiger partial charge in [-0.2, -0.15) is 5.10 Å².